The lowest BCUT2D eigenvalue weighted by Gasteiger charge is -2.30. The number of halogens is 1. The lowest BCUT2D eigenvalue weighted by Crippen LogP contribution is -2.28. The maximum atomic E-state index is 12.2. The first-order chi connectivity index (χ1) is 9.26. The first-order valence-corrected chi connectivity index (χ1v) is 6.76. The topological polar surface area (TPSA) is 76.5 Å². The van der Waals surface area contributed by atoms with Crippen molar-refractivity contribution < 1.29 is 19.4 Å². The van der Waals surface area contributed by atoms with Crippen LogP contribution in [0.25, 0.3) is 0 Å². The van der Waals surface area contributed by atoms with Crippen LogP contribution in [0, 0.1) is 5.41 Å². The molecule has 0 amide bonds. The molecule has 108 valence electrons. The number of fused-ring (bicyclic) bond motifs is 1. The Hall–Kier alpha value is -1.62. The van der Waals surface area contributed by atoms with E-state index in [9.17, 15) is 14.7 Å². The monoisotopic (exact) mass is 297 g/mol. The number of aromatic nitrogens is 1. The summed E-state index contributed by atoms with van der Waals surface area (Å²) in [5.74, 6) is -1.43. The third-order valence-electron chi connectivity index (χ3n) is 3.25. The fourth-order valence-electron chi connectivity index (χ4n) is 2.43. The minimum absolute atomic E-state index is 0.0942. The number of hydrogen-bond acceptors (Lipinski definition) is 5. The Kier molecular flexibility index (Phi) is 3.73. The molecule has 0 spiro atoms. The number of carbonyl (C=O) groups is 2. The van der Waals surface area contributed by atoms with Gasteiger partial charge < -0.3 is 9.84 Å². The van der Waals surface area contributed by atoms with Gasteiger partial charge in [-0.2, -0.15) is 0 Å². The zero-order valence-electron chi connectivity index (χ0n) is 11.6. The highest BCUT2D eigenvalue weighted by Gasteiger charge is 2.36. The number of pyridine rings is 1. The number of aromatic hydroxyl groups is 1. The molecular formula is C14H16ClNO4. The molecule has 6 heteroatoms. The number of Topliss-reactive ketones (excluding diaryl/α,β-unsaturated/α-hetero) is 1. The molecule has 2 rings (SSSR count). The molecule has 0 atom stereocenters. The van der Waals surface area contributed by atoms with Gasteiger partial charge in [-0.15, -0.1) is 0 Å². The Morgan fingerprint density at radius 1 is 1.45 bits per heavy atom. The quantitative estimate of drug-likeness (QED) is 0.671. The lowest BCUT2D eigenvalue weighted by molar-refractivity contribution is 0.0522. The van der Waals surface area contributed by atoms with Crippen molar-refractivity contribution in [2.75, 3.05) is 6.61 Å². The molecule has 0 radical (unpaired) electrons. The van der Waals surface area contributed by atoms with Crippen LogP contribution in [0.5, 0.6) is 5.75 Å². The van der Waals surface area contributed by atoms with Crippen LogP contribution in [-0.4, -0.2) is 28.4 Å². The van der Waals surface area contributed by atoms with Crippen molar-refractivity contribution in [2.45, 2.75) is 33.6 Å². The van der Waals surface area contributed by atoms with Crippen molar-refractivity contribution in [3.63, 3.8) is 0 Å². The number of nitrogens with zero attached hydrogens (tertiary/aromatic N) is 1. The van der Waals surface area contributed by atoms with Crippen molar-refractivity contribution in [1.29, 1.82) is 0 Å². The molecule has 1 aromatic rings. The summed E-state index contributed by atoms with van der Waals surface area (Å²) in [6.45, 7) is 5.68. The van der Waals surface area contributed by atoms with Gasteiger partial charge in [0.2, 0.25) is 0 Å². The Labute approximate surface area is 121 Å². The molecule has 20 heavy (non-hydrogen) atoms. The van der Waals surface area contributed by atoms with Crippen molar-refractivity contribution in [3.05, 3.63) is 22.0 Å². The Bertz CT molecular complexity index is 595. The Morgan fingerprint density at radius 3 is 2.70 bits per heavy atom. The third kappa shape index (κ3) is 2.50. The maximum absolute atomic E-state index is 12.2. The third-order valence-corrected chi connectivity index (χ3v) is 3.52. The largest absolute Gasteiger partial charge is 0.506 e. The van der Waals surface area contributed by atoms with Gasteiger partial charge in [0.05, 0.1) is 17.9 Å². The summed E-state index contributed by atoms with van der Waals surface area (Å²) in [7, 11) is 0. The predicted molar refractivity (Wildman–Crippen MR) is 73.3 cm³/mol. The van der Waals surface area contributed by atoms with E-state index in [0.29, 0.717) is 18.5 Å². The second-order valence-corrected chi connectivity index (χ2v) is 5.97. The van der Waals surface area contributed by atoms with E-state index in [0.717, 1.165) is 0 Å². The minimum atomic E-state index is -0.775. The van der Waals surface area contributed by atoms with Gasteiger partial charge in [-0.3, -0.25) is 4.79 Å². The van der Waals surface area contributed by atoms with Gasteiger partial charge in [-0.1, -0.05) is 25.4 Å². The average molecular weight is 298 g/mol. The van der Waals surface area contributed by atoms with Crippen molar-refractivity contribution >= 4 is 23.4 Å². The van der Waals surface area contributed by atoms with Gasteiger partial charge in [0.25, 0.3) is 0 Å². The second kappa shape index (κ2) is 5.05. The van der Waals surface area contributed by atoms with Gasteiger partial charge in [-0.05, 0) is 18.8 Å². The fraction of sp³-hybridized carbons (Fsp3) is 0.500. The molecule has 0 bridgehead atoms. The van der Waals surface area contributed by atoms with Gasteiger partial charge in [0, 0.05) is 6.42 Å². The zero-order valence-corrected chi connectivity index (χ0v) is 12.4. The normalized spacial score (nSPS) is 16.7. The van der Waals surface area contributed by atoms with Crippen LogP contribution < -0.4 is 0 Å². The molecule has 1 heterocycles. The first-order valence-electron chi connectivity index (χ1n) is 6.38. The van der Waals surface area contributed by atoms with Gasteiger partial charge in [0.1, 0.15) is 16.5 Å². The molecule has 0 aliphatic heterocycles. The van der Waals surface area contributed by atoms with Crippen molar-refractivity contribution in [3.8, 4) is 5.75 Å². The fourth-order valence-corrected chi connectivity index (χ4v) is 2.70. The lowest BCUT2D eigenvalue weighted by atomic mass is 9.75. The van der Waals surface area contributed by atoms with Crippen molar-refractivity contribution in [2.24, 2.45) is 5.41 Å². The molecule has 1 aliphatic carbocycles. The zero-order chi connectivity index (χ0) is 15.1. The van der Waals surface area contributed by atoms with Crippen LogP contribution in [0.2, 0.25) is 5.15 Å². The molecular weight excluding hydrogens is 282 g/mol. The molecule has 1 N–H and O–H groups in total. The molecule has 0 fully saturated rings. The number of ether oxygens (including phenoxy) is 1. The number of esters is 1. The second-order valence-electron chi connectivity index (χ2n) is 5.61. The number of carbonyl (C=O) groups excluding carboxylic acids is 2. The van der Waals surface area contributed by atoms with Crippen molar-refractivity contribution in [1.82, 2.24) is 4.98 Å². The summed E-state index contributed by atoms with van der Waals surface area (Å²) in [6, 6.07) is 0. The Morgan fingerprint density at radius 2 is 2.10 bits per heavy atom. The predicted octanol–water partition coefficient (Wildman–Crippen LogP) is 2.77. The van der Waals surface area contributed by atoms with Gasteiger partial charge >= 0.3 is 5.97 Å². The molecule has 5 nitrogen and oxygen atoms in total. The highest BCUT2D eigenvalue weighted by atomic mass is 35.5. The summed E-state index contributed by atoms with van der Waals surface area (Å²) in [6.07, 6.45) is 0.809. The maximum Gasteiger partial charge on any atom is 0.345 e. The summed E-state index contributed by atoms with van der Waals surface area (Å²) < 4.78 is 4.82. The van der Waals surface area contributed by atoms with E-state index < -0.39 is 11.7 Å². The minimum Gasteiger partial charge on any atom is -0.506 e. The summed E-state index contributed by atoms with van der Waals surface area (Å²) in [4.78, 5) is 28.1. The van der Waals surface area contributed by atoms with Gasteiger partial charge in [-0.25, -0.2) is 9.78 Å². The first kappa shape index (κ1) is 14.8. The molecule has 0 unspecified atom stereocenters. The van der Waals surface area contributed by atoms with Gasteiger partial charge in [0.15, 0.2) is 5.78 Å². The highest BCUT2D eigenvalue weighted by Crippen LogP contribution is 2.40. The average Bonchev–Trinajstić information content (AvgIpc) is 2.25. The van der Waals surface area contributed by atoms with E-state index in [2.05, 4.69) is 4.98 Å². The molecule has 0 aromatic carbocycles. The summed E-state index contributed by atoms with van der Waals surface area (Å²) in [5.41, 5.74) is 0.0528. The molecule has 0 saturated carbocycles. The van der Waals surface area contributed by atoms with Crippen LogP contribution >= 0.6 is 11.6 Å². The number of hydrogen-bond donors (Lipinski definition) is 1. The molecule has 1 aliphatic rings. The smallest absolute Gasteiger partial charge is 0.345 e. The number of ketones is 1. The van der Waals surface area contributed by atoms with E-state index in [-0.39, 0.29) is 34.1 Å². The SMILES string of the molecule is CCOC(=O)c1c(Cl)nc2c(c1O)C(=O)CC(C)(C)C2. The van der Waals surface area contributed by atoms with E-state index in [1.165, 1.54) is 0 Å². The van der Waals surface area contributed by atoms with Crippen LogP contribution in [-0.2, 0) is 11.2 Å². The standard InChI is InChI=1S/C14H16ClNO4/c1-4-20-13(19)10-11(18)9-7(16-12(10)15)5-14(2,3)6-8(9)17/h4-6H2,1-3H3,(H,16,18). The van der Waals surface area contributed by atoms with Crippen LogP contribution in [0.3, 0.4) is 0 Å². The number of rotatable bonds is 2. The summed E-state index contributed by atoms with van der Waals surface area (Å²) >= 11 is 5.95. The van der Waals surface area contributed by atoms with E-state index in [4.69, 9.17) is 16.3 Å². The Balaban J connectivity index is 2.60. The van der Waals surface area contributed by atoms with E-state index in [1.807, 2.05) is 13.8 Å². The van der Waals surface area contributed by atoms with Crippen LogP contribution in [0.4, 0.5) is 0 Å². The van der Waals surface area contributed by atoms with E-state index in [1.54, 1.807) is 6.92 Å². The van der Waals surface area contributed by atoms with E-state index >= 15 is 0 Å². The summed E-state index contributed by atoms with van der Waals surface area (Å²) in [5, 5.41) is 10.1. The highest BCUT2D eigenvalue weighted by molar-refractivity contribution is 6.33. The van der Waals surface area contributed by atoms with Crippen LogP contribution in [0.1, 0.15) is 53.6 Å². The van der Waals surface area contributed by atoms with Crippen LogP contribution in [0.15, 0.2) is 0 Å². The molecule has 1 aromatic heterocycles. The molecule has 0 saturated heterocycles.